The highest BCUT2D eigenvalue weighted by molar-refractivity contribution is 6.00. The molecule has 3 N–H and O–H groups in total. The van der Waals surface area contributed by atoms with Crippen LogP contribution in [0.4, 0.5) is 25.0 Å². The topological polar surface area (TPSA) is 96.1 Å². The van der Waals surface area contributed by atoms with Crippen molar-refractivity contribution >= 4 is 23.4 Å². The summed E-state index contributed by atoms with van der Waals surface area (Å²) in [6, 6.07) is 0.559. The standard InChI is InChI=1S/C12H10F2N4O3/c1-21-11(19)7-2-10(9(14)3-8(7)13)18-12(20)17-6-4-15-16-5-6/h2-5H,1H3,(H,15,16)(H2,17,18,20). The normalized spacial score (nSPS) is 10.0. The van der Waals surface area contributed by atoms with Gasteiger partial charge in [0.2, 0.25) is 0 Å². The Kier molecular flexibility index (Phi) is 4.12. The number of carbonyl (C=O) groups is 2. The summed E-state index contributed by atoms with van der Waals surface area (Å²) in [5, 5.41) is 10.6. The summed E-state index contributed by atoms with van der Waals surface area (Å²) in [6.45, 7) is 0. The SMILES string of the molecule is COC(=O)c1cc(NC(=O)Nc2cn[nH]c2)c(F)cc1F. The van der Waals surface area contributed by atoms with E-state index in [1.165, 1.54) is 12.4 Å². The number of aromatic nitrogens is 2. The average Bonchev–Trinajstić information content (AvgIpc) is 2.93. The molecule has 0 aliphatic rings. The summed E-state index contributed by atoms with van der Waals surface area (Å²) in [4.78, 5) is 22.9. The number of ether oxygens (including phenoxy) is 1. The smallest absolute Gasteiger partial charge is 0.340 e. The summed E-state index contributed by atoms with van der Waals surface area (Å²) in [5.74, 6) is -3.09. The number of hydrogen-bond acceptors (Lipinski definition) is 4. The number of nitrogens with zero attached hydrogens (tertiary/aromatic N) is 1. The molecule has 0 saturated heterocycles. The highest BCUT2D eigenvalue weighted by Crippen LogP contribution is 2.20. The van der Waals surface area contributed by atoms with Gasteiger partial charge in [-0.05, 0) is 6.07 Å². The summed E-state index contributed by atoms with van der Waals surface area (Å²) in [5.41, 5.74) is -0.501. The van der Waals surface area contributed by atoms with Crippen LogP contribution in [-0.4, -0.2) is 29.3 Å². The van der Waals surface area contributed by atoms with Crippen LogP contribution in [0.3, 0.4) is 0 Å². The van der Waals surface area contributed by atoms with Crippen LogP contribution in [0.1, 0.15) is 10.4 Å². The zero-order valence-corrected chi connectivity index (χ0v) is 10.7. The highest BCUT2D eigenvalue weighted by atomic mass is 19.1. The van der Waals surface area contributed by atoms with Crippen molar-refractivity contribution in [2.45, 2.75) is 0 Å². The molecular formula is C12H10F2N4O3. The Bertz CT molecular complexity index is 673. The van der Waals surface area contributed by atoms with E-state index >= 15 is 0 Å². The third kappa shape index (κ3) is 3.32. The molecule has 1 aromatic heterocycles. The number of halogens is 2. The van der Waals surface area contributed by atoms with Crippen molar-refractivity contribution in [1.82, 2.24) is 10.2 Å². The Morgan fingerprint density at radius 1 is 1.24 bits per heavy atom. The first kappa shape index (κ1) is 14.4. The lowest BCUT2D eigenvalue weighted by Crippen LogP contribution is -2.20. The van der Waals surface area contributed by atoms with E-state index in [9.17, 15) is 18.4 Å². The zero-order chi connectivity index (χ0) is 15.4. The molecule has 2 aromatic rings. The van der Waals surface area contributed by atoms with Gasteiger partial charge in [-0.1, -0.05) is 0 Å². The maximum atomic E-state index is 13.6. The van der Waals surface area contributed by atoms with Gasteiger partial charge in [-0.3, -0.25) is 5.10 Å². The van der Waals surface area contributed by atoms with Gasteiger partial charge in [0, 0.05) is 12.3 Å². The number of benzene rings is 1. The van der Waals surface area contributed by atoms with Gasteiger partial charge in [-0.2, -0.15) is 5.10 Å². The van der Waals surface area contributed by atoms with Crippen LogP contribution in [0.25, 0.3) is 0 Å². The number of methoxy groups -OCH3 is 1. The fourth-order valence-electron chi connectivity index (χ4n) is 1.52. The molecule has 1 heterocycles. The monoisotopic (exact) mass is 296 g/mol. The second-order valence-electron chi connectivity index (χ2n) is 3.87. The van der Waals surface area contributed by atoms with E-state index in [1.807, 2.05) is 0 Å². The minimum atomic E-state index is -1.08. The molecule has 9 heteroatoms. The van der Waals surface area contributed by atoms with Gasteiger partial charge in [0.1, 0.15) is 11.6 Å². The number of anilines is 2. The van der Waals surface area contributed by atoms with Gasteiger partial charge >= 0.3 is 12.0 Å². The molecule has 2 rings (SSSR count). The molecule has 7 nitrogen and oxygen atoms in total. The minimum absolute atomic E-state index is 0.350. The number of carbonyl (C=O) groups excluding carboxylic acids is 2. The molecule has 0 unspecified atom stereocenters. The number of urea groups is 1. The summed E-state index contributed by atoms with van der Waals surface area (Å²) in [7, 11) is 1.06. The molecule has 110 valence electrons. The predicted molar refractivity (Wildman–Crippen MR) is 68.9 cm³/mol. The van der Waals surface area contributed by atoms with Crippen molar-refractivity contribution in [3.05, 3.63) is 41.7 Å². The number of rotatable bonds is 3. The van der Waals surface area contributed by atoms with Crippen LogP contribution < -0.4 is 10.6 Å². The first-order valence-electron chi connectivity index (χ1n) is 5.65. The third-order valence-electron chi connectivity index (χ3n) is 2.47. The number of hydrogen-bond donors (Lipinski definition) is 3. The van der Waals surface area contributed by atoms with Crippen LogP contribution in [-0.2, 0) is 4.74 Å². The highest BCUT2D eigenvalue weighted by Gasteiger charge is 2.17. The van der Waals surface area contributed by atoms with Crippen molar-refractivity contribution in [3.8, 4) is 0 Å². The van der Waals surface area contributed by atoms with Crippen LogP contribution in [0.2, 0.25) is 0 Å². The number of nitrogens with one attached hydrogen (secondary N) is 3. The zero-order valence-electron chi connectivity index (χ0n) is 10.7. The number of esters is 1. The molecule has 0 fully saturated rings. The van der Waals surface area contributed by atoms with Crippen LogP contribution >= 0.6 is 0 Å². The van der Waals surface area contributed by atoms with E-state index in [-0.39, 0.29) is 5.69 Å². The summed E-state index contributed by atoms with van der Waals surface area (Å²) < 4.78 is 31.4. The predicted octanol–water partition coefficient (Wildman–Crippen LogP) is 2.12. The maximum Gasteiger partial charge on any atom is 0.340 e. The number of aromatic amines is 1. The van der Waals surface area contributed by atoms with E-state index in [1.54, 1.807) is 0 Å². The molecule has 0 bridgehead atoms. The van der Waals surface area contributed by atoms with Crippen molar-refractivity contribution in [1.29, 1.82) is 0 Å². The first-order chi connectivity index (χ1) is 10.0. The Balaban J connectivity index is 2.19. The third-order valence-corrected chi connectivity index (χ3v) is 2.47. The molecule has 0 atom stereocenters. The van der Waals surface area contributed by atoms with E-state index in [4.69, 9.17) is 0 Å². The summed E-state index contributed by atoms with van der Waals surface area (Å²) in [6.07, 6.45) is 2.74. The largest absolute Gasteiger partial charge is 0.465 e. The molecule has 1 aromatic carbocycles. The second kappa shape index (κ2) is 5.99. The summed E-state index contributed by atoms with van der Waals surface area (Å²) >= 11 is 0. The lowest BCUT2D eigenvalue weighted by atomic mass is 10.2. The molecule has 0 aliphatic carbocycles. The van der Waals surface area contributed by atoms with Crippen molar-refractivity contribution < 1.29 is 23.1 Å². The van der Waals surface area contributed by atoms with Crippen LogP contribution in [0.5, 0.6) is 0 Å². The van der Waals surface area contributed by atoms with Crippen molar-refractivity contribution in [2.75, 3.05) is 17.7 Å². The molecular weight excluding hydrogens is 286 g/mol. The Hall–Kier alpha value is -2.97. The molecule has 0 spiro atoms. The fraction of sp³-hybridized carbons (Fsp3) is 0.0833. The van der Waals surface area contributed by atoms with Gasteiger partial charge in [-0.25, -0.2) is 18.4 Å². The maximum absolute atomic E-state index is 13.6. The van der Waals surface area contributed by atoms with Gasteiger partial charge in [-0.15, -0.1) is 0 Å². The van der Waals surface area contributed by atoms with Crippen LogP contribution in [0, 0.1) is 11.6 Å². The molecule has 2 amide bonds. The Morgan fingerprint density at radius 3 is 2.62 bits per heavy atom. The molecule has 0 aliphatic heterocycles. The van der Waals surface area contributed by atoms with Crippen molar-refractivity contribution in [2.24, 2.45) is 0 Å². The molecule has 0 saturated carbocycles. The minimum Gasteiger partial charge on any atom is -0.465 e. The molecule has 21 heavy (non-hydrogen) atoms. The molecule has 0 radical (unpaired) electrons. The van der Waals surface area contributed by atoms with Crippen LogP contribution in [0.15, 0.2) is 24.5 Å². The Morgan fingerprint density at radius 2 is 2.00 bits per heavy atom. The second-order valence-corrected chi connectivity index (χ2v) is 3.87. The van der Waals surface area contributed by atoms with Gasteiger partial charge in [0.15, 0.2) is 0 Å². The Labute approximate surface area is 117 Å². The number of H-pyrrole nitrogens is 1. The fourth-order valence-corrected chi connectivity index (χ4v) is 1.52. The van der Waals surface area contributed by atoms with E-state index in [2.05, 4.69) is 25.6 Å². The van der Waals surface area contributed by atoms with Gasteiger partial charge < -0.3 is 15.4 Å². The van der Waals surface area contributed by atoms with Gasteiger partial charge in [0.05, 0.1) is 30.2 Å². The number of amides is 2. The van der Waals surface area contributed by atoms with E-state index < -0.39 is 29.2 Å². The quantitative estimate of drug-likeness (QED) is 0.756. The lowest BCUT2D eigenvalue weighted by molar-refractivity contribution is 0.0595. The van der Waals surface area contributed by atoms with E-state index in [0.29, 0.717) is 11.8 Å². The van der Waals surface area contributed by atoms with Gasteiger partial charge in [0.25, 0.3) is 0 Å². The first-order valence-corrected chi connectivity index (χ1v) is 5.65. The average molecular weight is 296 g/mol. The van der Waals surface area contributed by atoms with E-state index in [0.717, 1.165) is 13.2 Å². The van der Waals surface area contributed by atoms with Crippen molar-refractivity contribution in [3.63, 3.8) is 0 Å². The lowest BCUT2D eigenvalue weighted by Gasteiger charge is -2.09.